The van der Waals surface area contributed by atoms with E-state index in [-0.39, 0.29) is 28.7 Å². The Hall–Kier alpha value is -3.83. The number of rotatable bonds is 10. The molecule has 11 heteroatoms. The van der Waals surface area contributed by atoms with Gasteiger partial charge in [0.25, 0.3) is 5.91 Å². The van der Waals surface area contributed by atoms with E-state index in [9.17, 15) is 19.2 Å². The van der Waals surface area contributed by atoms with Crippen LogP contribution < -0.4 is 5.32 Å². The van der Waals surface area contributed by atoms with Crippen LogP contribution in [0.1, 0.15) is 74.4 Å². The van der Waals surface area contributed by atoms with Crippen LogP contribution in [0.4, 0.5) is 5.00 Å². The molecule has 2 aromatic heterocycles. The van der Waals surface area contributed by atoms with Gasteiger partial charge in [-0.15, -0.1) is 11.3 Å². The average molecular weight is 568 g/mol. The Balaban J connectivity index is 1.57. The summed E-state index contributed by atoms with van der Waals surface area (Å²) in [5.41, 5.74) is 3.21. The Morgan fingerprint density at radius 3 is 2.40 bits per heavy atom. The molecule has 3 aromatic rings. The zero-order valence-electron chi connectivity index (χ0n) is 23.1. The fourth-order valence-electron chi connectivity index (χ4n) is 4.79. The van der Waals surface area contributed by atoms with Gasteiger partial charge in [0.2, 0.25) is 0 Å². The minimum Gasteiger partial charge on any atom is -0.462 e. The number of benzene rings is 1. The van der Waals surface area contributed by atoms with E-state index in [1.807, 2.05) is 24.3 Å². The quantitative estimate of drug-likeness (QED) is 0.278. The number of esters is 3. The fourth-order valence-corrected chi connectivity index (χ4v) is 5.90. The minimum atomic E-state index is -0.675. The lowest BCUT2D eigenvalue weighted by atomic mass is 9.95. The van der Waals surface area contributed by atoms with Gasteiger partial charge in [0.05, 0.1) is 29.9 Å². The van der Waals surface area contributed by atoms with E-state index in [2.05, 4.69) is 17.1 Å². The fraction of sp³-hybridized carbons (Fsp3) is 0.414. The molecule has 0 fully saturated rings. The molecule has 1 aromatic carbocycles. The van der Waals surface area contributed by atoms with Crippen LogP contribution >= 0.6 is 11.3 Å². The molecule has 1 N–H and O–H groups in total. The third-order valence-corrected chi connectivity index (χ3v) is 7.73. The van der Waals surface area contributed by atoms with E-state index in [1.165, 1.54) is 0 Å². The first-order valence-electron chi connectivity index (χ1n) is 13.4. The first kappa shape index (κ1) is 29.2. The lowest BCUT2D eigenvalue weighted by Crippen LogP contribution is -2.33. The van der Waals surface area contributed by atoms with Crippen molar-refractivity contribution in [2.75, 3.05) is 38.2 Å². The van der Waals surface area contributed by atoms with Gasteiger partial charge in [-0.2, -0.15) is 0 Å². The first-order chi connectivity index (χ1) is 19.3. The summed E-state index contributed by atoms with van der Waals surface area (Å²) in [6.45, 7) is 9.06. The molecular formula is C29H33N3O7S. The Morgan fingerprint density at radius 2 is 1.68 bits per heavy atom. The average Bonchev–Trinajstić information content (AvgIpc) is 3.26. The second kappa shape index (κ2) is 13.0. The van der Waals surface area contributed by atoms with E-state index in [0.717, 1.165) is 48.5 Å². The van der Waals surface area contributed by atoms with Crippen LogP contribution in [0.15, 0.2) is 24.3 Å². The predicted molar refractivity (Wildman–Crippen MR) is 151 cm³/mol. The van der Waals surface area contributed by atoms with Crippen LogP contribution in [0.5, 0.6) is 0 Å². The van der Waals surface area contributed by atoms with Crippen molar-refractivity contribution in [2.45, 2.75) is 47.1 Å². The summed E-state index contributed by atoms with van der Waals surface area (Å²) in [6, 6.07) is 7.39. The molecule has 1 aliphatic heterocycles. The smallest absolute Gasteiger partial charge is 0.348 e. The number of ether oxygens (including phenoxy) is 3. The number of thiophene rings is 1. The summed E-state index contributed by atoms with van der Waals surface area (Å²) < 4.78 is 15.7. The number of hydrogen-bond donors (Lipinski definition) is 1. The number of nitrogens with one attached hydrogen (secondary N) is 1. The number of nitrogens with zero attached hydrogens (tertiary/aromatic N) is 2. The maximum Gasteiger partial charge on any atom is 0.348 e. The van der Waals surface area contributed by atoms with Gasteiger partial charge < -0.3 is 19.5 Å². The van der Waals surface area contributed by atoms with Gasteiger partial charge in [-0.25, -0.2) is 14.4 Å². The van der Waals surface area contributed by atoms with Crippen molar-refractivity contribution >= 4 is 51.1 Å². The summed E-state index contributed by atoms with van der Waals surface area (Å²) >= 11 is 0.911. The predicted octanol–water partition coefficient (Wildman–Crippen LogP) is 4.52. The molecule has 0 saturated heterocycles. The van der Waals surface area contributed by atoms with Crippen LogP contribution in [0.2, 0.25) is 0 Å². The molecule has 3 heterocycles. The highest BCUT2D eigenvalue weighted by atomic mass is 32.1. The molecule has 212 valence electrons. The van der Waals surface area contributed by atoms with Gasteiger partial charge in [-0.3, -0.25) is 14.7 Å². The molecule has 1 aliphatic rings. The maximum atomic E-state index is 13.5. The van der Waals surface area contributed by atoms with E-state index >= 15 is 0 Å². The molecule has 0 spiro atoms. The Kier molecular flexibility index (Phi) is 9.49. The van der Waals surface area contributed by atoms with Crippen LogP contribution in [-0.2, 0) is 32.0 Å². The zero-order chi connectivity index (χ0) is 28.8. The molecule has 4 rings (SSSR count). The number of carbonyl (C=O) groups excluding carboxylic acids is 4. The van der Waals surface area contributed by atoms with Crippen LogP contribution in [0, 0.1) is 6.92 Å². The summed E-state index contributed by atoms with van der Waals surface area (Å²) in [4.78, 5) is 58.7. The van der Waals surface area contributed by atoms with Crippen LogP contribution in [0.25, 0.3) is 10.9 Å². The van der Waals surface area contributed by atoms with Crippen LogP contribution in [0.3, 0.4) is 0 Å². The van der Waals surface area contributed by atoms with Crippen molar-refractivity contribution in [2.24, 2.45) is 0 Å². The molecule has 0 radical (unpaired) electrons. The number of para-hydroxylation sites is 1. The molecular weight excluding hydrogens is 534 g/mol. The Labute approximate surface area is 236 Å². The third kappa shape index (κ3) is 6.15. The van der Waals surface area contributed by atoms with Gasteiger partial charge in [-0.05, 0) is 45.4 Å². The number of aromatic nitrogens is 1. The highest BCUT2D eigenvalue weighted by Gasteiger charge is 2.29. The number of fused-ring (bicyclic) bond motifs is 2. The van der Waals surface area contributed by atoms with Gasteiger partial charge in [0.15, 0.2) is 6.61 Å². The highest BCUT2D eigenvalue weighted by molar-refractivity contribution is 7.18. The van der Waals surface area contributed by atoms with Crippen molar-refractivity contribution in [3.05, 3.63) is 57.1 Å². The summed E-state index contributed by atoms with van der Waals surface area (Å²) in [7, 11) is 0. The largest absolute Gasteiger partial charge is 0.462 e. The number of pyridine rings is 1. The van der Waals surface area contributed by atoms with E-state index in [4.69, 9.17) is 19.2 Å². The summed E-state index contributed by atoms with van der Waals surface area (Å²) in [5.74, 6) is -2.56. The zero-order valence-corrected chi connectivity index (χ0v) is 23.9. The lowest BCUT2D eigenvalue weighted by Gasteiger charge is -2.29. The van der Waals surface area contributed by atoms with Crippen molar-refractivity contribution in [3.8, 4) is 0 Å². The second-order valence-electron chi connectivity index (χ2n) is 9.28. The number of anilines is 1. The van der Waals surface area contributed by atoms with Crippen molar-refractivity contribution < 1.29 is 33.4 Å². The van der Waals surface area contributed by atoms with E-state index < -0.39 is 30.4 Å². The maximum absolute atomic E-state index is 13.5. The van der Waals surface area contributed by atoms with Crippen molar-refractivity contribution in [1.29, 1.82) is 0 Å². The minimum absolute atomic E-state index is 0.0693. The van der Waals surface area contributed by atoms with Crippen LogP contribution in [-0.4, -0.2) is 66.6 Å². The molecule has 0 unspecified atom stereocenters. The third-order valence-electron chi connectivity index (χ3n) is 6.54. The standard InChI is InChI=1S/C29H33N3O7S/c1-5-13-32-14-12-21-19(15-32)24(18-10-8-9-11-20(18)30-21)28(35)39-16-22(33)31-26-23(27(34)37-6-2)17(4)25(40-26)29(36)38-7-3/h8-11H,5-7,12-16H2,1-4H3,(H,31,33). The molecule has 0 atom stereocenters. The van der Waals surface area contributed by atoms with Gasteiger partial charge in [0.1, 0.15) is 9.88 Å². The number of amides is 1. The van der Waals surface area contributed by atoms with Crippen molar-refractivity contribution in [1.82, 2.24) is 9.88 Å². The SMILES string of the molecule is CCCN1CCc2nc3ccccc3c(C(=O)OCC(=O)Nc3sc(C(=O)OCC)c(C)c3C(=O)OCC)c2C1. The molecule has 0 aliphatic carbocycles. The summed E-state index contributed by atoms with van der Waals surface area (Å²) in [5, 5.41) is 3.41. The molecule has 0 bridgehead atoms. The Bertz CT molecular complexity index is 1450. The molecule has 10 nitrogen and oxygen atoms in total. The summed E-state index contributed by atoms with van der Waals surface area (Å²) in [6.07, 6.45) is 1.71. The van der Waals surface area contributed by atoms with E-state index in [1.54, 1.807) is 20.8 Å². The normalized spacial score (nSPS) is 13.0. The highest BCUT2D eigenvalue weighted by Crippen LogP contribution is 2.34. The van der Waals surface area contributed by atoms with Crippen molar-refractivity contribution in [3.63, 3.8) is 0 Å². The number of carbonyl (C=O) groups is 4. The monoisotopic (exact) mass is 567 g/mol. The van der Waals surface area contributed by atoms with Gasteiger partial charge >= 0.3 is 17.9 Å². The Morgan fingerprint density at radius 1 is 0.975 bits per heavy atom. The van der Waals surface area contributed by atoms with E-state index in [0.29, 0.717) is 28.6 Å². The first-order valence-corrected chi connectivity index (χ1v) is 14.2. The van der Waals surface area contributed by atoms with Gasteiger partial charge in [-0.1, -0.05) is 25.1 Å². The molecule has 0 saturated carbocycles. The van der Waals surface area contributed by atoms with Gasteiger partial charge in [0, 0.05) is 36.2 Å². The lowest BCUT2D eigenvalue weighted by molar-refractivity contribution is -0.119. The second-order valence-corrected chi connectivity index (χ2v) is 10.3. The number of hydrogen-bond acceptors (Lipinski definition) is 10. The molecule has 40 heavy (non-hydrogen) atoms. The molecule has 1 amide bonds. The topological polar surface area (TPSA) is 124 Å².